The molecule has 0 saturated heterocycles. The van der Waals surface area contributed by atoms with Crippen LogP contribution in [0.15, 0.2) is 55.1 Å². The lowest BCUT2D eigenvalue weighted by Gasteiger charge is -2.15. The van der Waals surface area contributed by atoms with Crippen molar-refractivity contribution in [2.75, 3.05) is 5.73 Å². The summed E-state index contributed by atoms with van der Waals surface area (Å²) in [4.78, 5) is 33.4. The van der Waals surface area contributed by atoms with Gasteiger partial charge in [-0.2, -0.15) is 10.1 Å². The van der Waals surface area contributed by atoms with E-state index in [2.05, 4.69) is 35.1 Å². The number of carbonyl (C=O) groups is 1. The maximum Gasteiger partial charge on any atom is 0.317 e. The lowest BCUT2D eigenvalue weighted by atomic mass is 9.94. The van der Waals surface area contributed by atoms with E-state index in [0.717, 1.165) is 22.0 Å². The highest BCUT2D eigenvalue weighted by Gasteiger charge is 2.20. The van der Waals surface area contributed by atoms with Gasteiger partial charge in [-0.25, -0.2) is 19.9 Å². The zero-order chi connectivity index (χ0) is 23.7. The number of benzene rings is 1. The van der Waals surface area contributed by atoms with Crippen LogP contribution in [0.1, 0.15) is 21.9 Å². The van der Waals surface area contributed by atoms with Gasteiger partial charge in [-0.15, -0.1) is 0 Å². The molecule has 0 radical (unpaired) electrons. The number of nitrogens with two attached hydrogens (primary N) is 2. The number of aromatic amines is 1. The molecule has 1 amide bonds. The second-order valence-corrected chi connectivity index (χ2v) is 7.45. The van der Waals surface area contributed by atoms with Gasteiger partial charge in [0.05, 0.1) is 28.8 Å². The molecule has 0 atom stereocenters. The van der Waals surface area contributed by atoms with Crippen LogP contribution in [0.2, 0.25) is 0 Å². The molecule has 0 aliphatic heterocycles. The van der Waals surface area contributed by atoms with Gasteiger partial charge in [0.2, 0.25) is 0 Å². The number of nitrogens with zero attached hydrogens (tertiary/aromatic N) is 6. The van der Waals surface area contributed by atoms with E-state index in [1.54, 1.807) is 36.8 Å². The number of fused-ring (bicyclic) bond motifs is 1. The number of hydrogen-bond acceptors (Lipinski definition) is 9. The number of primary amides is 1. The monoisotopic (exact) mass is 453 g/mol. The molecular formula is C23H19N9O2. The molecule has 11 heteroatoms. The molecule has 0 aliphatic rings. The molecule has 5 aromatic rings. The summed E-state index contributed by atoms with van der Waals surface area (Å²) in [5.74, 6) is -0.256. The molecule has 0 aliphatic carbocycles. The Kier molecular flexibility index (Phi) is 5.26. The molecule has 5 N–H and O–H groups in total. The highest BCUT2D eigenvalue weighted by molar-refractivity contribution is 6.05. The Labute approximate surface area is 193 Å². The largest absolute Gasteiger partial charge is 0.455 e. The number of anilines is 1. The van der Waals surface area contributed by atoms with E-state index in [4.69, 9.17) is 16.2 Å². The van der Waals surface area contributed by atoms with E-state index in [-0.39, 0.29) is 24.0 Å². The van der Waals surface area contributed by atoms with Gasteiger partial charge in [-0.05, 0) is 42.3 Å². The molecule has 11 nitrogen and oxygen atoms in total. The third-order valence-electron chi connectivity index (χ3n) is 5.24. The topological polar surface area (TPSA) is 171 Å². The van der Waals surface area contributed by atoms with E-state index in [1.165, 1.54) is 6.20 Å². The second-order valence-electron chi connectivity index (χ2n) is 7.45. The van der Waals surface area contributed by atoms with Gasteiger partial charge in [0.1, 0.15) is 0 Å². The maximum absolute atomic E-state index is 12.2. The number of amides is 1. The van der Waals surface area contributed by atoms with E-state index in [0.29, 0.717) is 22.8 Å². The molecule has 5 rings (SSSR count). The van der Waals surface area contributed by atoms with Crippen molar-refractivity contribution >= 4 is 22.5 Å². The number of nitrogens with one attached hydrogen (secondary N) is 1. The van der Waals surface area contributed by atoms with Crippen LogP contribution in [-0.2, 0) is 6.61 Å². The van der Waals surface area contributed by atoms with Crippen molar-refractivity contribution in [1.82, 2.24) is 35.1 Å². The van der Waals surface area contributed by atoms with Crippen molar-refractivity contribution in [3.05, 3.63) is 72.2 Å². The Morgan fingerprint density at radius 2 is 1.88 bits per heavy atom. The number of carbonyl (C=O) groups excluding carboxylic acids is 1. The number of pyridine rings is 1. The number of H-pyrrole nitrogens is 1. The average Bonchev–Trinajstić information content (AvgIpc) is 3.33. The molecule has 0 unspecified atom stereocenters. The minimum atomic E-state index is -0.746. The van der Waals surface area contributed by atoms with Crippen LogP contribution in [0.25, 0.3) is 33.4 Å². The van der Waals surface area contributed by atoms with Gasteiger partial charge in [0, 0.05) is 29.5 Å². The van der Waals surface area contributed by atoms with Gasteiger partial charge in [-0.1, -0.05) is 6.07 Å². The van der Waals surface area contributed by atoms with E-state index in [9.17, 15) is 4.79 Å². The number of hydrogen-bond donors (Lipinski definition) is 3. The number of aryl methyl sites for hydroxylation is 1. The summed E-state index contributed by atoms with van der Waals surface area (Å²) in [5.41, 5.74) is 16.1. The number of ether oxygens (including phenoxy) is 1. The van der Waals surface area contributed by atoms with E-state index < -0.39 is 5.91 Å². The minimum Gasteiger partial charge on any atom is -0.455 e. The first-order chi connectivity index (χ1) is 16.5. The van der Waals surface area contributed by atoms with E-state index >= 15 is 0 Å². The van der Waals surface area contributed by atoms with Crippen LogP contribution < -0.4 is 16.2 Å². The smallest absolute Gasteiger partial charge is 0.317 e. The fourth-order valence-corrected chi connectivity index (χ4v) is 3.65. The number of aromatic nitrogens is 7. The summed E-state index contributed by atoms with van der Waals surface area (Å²) in [6, 6.07) is 9.12. The summed E-state index contributed by atoms with van der Waals surface area (Å²) in [7, 11) is 0. The van der Waals surface area contributed by atoms with Crippen LogP contribution in [-0.4, -0.2) is 41.0 Å². The maximum atomic E-state index is 12.2. The zero-order valence-electron chi connectivity index (χ0n) is 18.1. The van der Waals surface area contributed by atoms with Crippen molar-refractivity contribution < 1.29 is 9.53 Å². The van der Waals surface area contributed by atoms with Crippen LogP contribution in [0.5, 0.6) is 6.01 Å². The predicted octanol–water partition coefficient (Wildman–Crippen LogP) is 2.44. The third kappa shape index (κ3) is 3.86. The molecule has 0 bridgehead atoms. The Morgan fingerprint density at radius 3 is 2.68 bits per heavy atom. The van der Waals surface area contributed by atoms with E-state index in [1.807, 2.05) is 19.1 Å². The predicted molar refractivity (Wildman–Crippen MR) is 124 cm³/mol. The first kappa shape index (κ1) is 20.9. The molecule has 0 fully saturated rings. The molecule has 4 aromatic heterocycles. The van der Waals surface area contributed by atoms with Crippen LogP contribution in [0, 0.1) is 6.92 Å². The first-order valence-corrected chi connectivity index (χ1v) is 10.3. The normalized spacial score (nSPS) is 11.0. The Balaban J connectivity index is 1.60. The molecule has 4 heterocycles. The van der Waals surface area contributed by atoms with Crippen LogP contribution >= 0.6 is 0 Å². The minimum absolute atomic E-state index is 0.0498. The highest BCUT2D eigenvalue weighted by atomic mass is 16.5. The van der Waals surface area contributed by atoms with Crippen LogP contribution in [0.3, 0.4) is 0 Å². The van der Waals surface area contributed by atoms with Gasteiger partial charge >= 0.3 is 6.01 Å². The Hall–Kier alpha value is -4.93. The molecule has 1 aromatic carbocycles. The number of nitrogen functional groups attached to an aromatic ring is 1. The van der Waals surface area contributed by atoms with Gasteiger partial charge in [0.25, 0.3) is 5.91 Å². The van der Waals surface area contributed by atoms with Gasteiger partial charge in [0.15, 0.2) is 18.1 Å². The van der Waals surface area contributed by atoms with Crippen molar-refractivity contribution in [3.8, 4) is 28.5 Å². The number of rotatable bonds is 6. The summed E-state index contributed by atoms with van der Waals surface area (Å²) in [6.45, 7) is 2.05. The van der Waals surface area contributed by atoms with Crippen molar-refractivity contribution in [1.29, 1.82) is 0 Å². The summed E-state index contributed by atoms with van der Waals surface area (Å²) in [5, 5.41) is 7.94. The Morgan fingerprint density at radius 1 is 1.06 bits per heavy atom. The first-order valence-electron chi connectivity index (χ1n) is 10.3. The zero-order valence-corrected chi connectivity index (χ0v) is 18.1. The molecule has 168 valence electrons. The third-order valence-corrected chi connectivity index (χ3v) is 5.24. The standard InChI is InChI=1S/C23H19N9O2/c1-12-3-4-15-14(10-29-32-15)19(12)13-9-17(30-21(20(13)24)22(25)33)16-5-8-28-23(31-16)34-11-18-26-6-2-7-27-18/h2-10H,11,24H2,1H3,(H2,25,33)(H,29,32). The molecule has 0 saturated carbocycles. The fraction of sp³-hybridized carbons (Fsp3) is 0.0870. The fourth-order valence-electron chi connectivity index (χ4n) is 3.65. The second kappa shape index (κ2) is 8.54. The van der Waals surface area contributed by atoms with Crippen molar-refractivity contribution in [2.24, 2.45) is 5.73 Å². The summed E-state index contributed by atoms with van der Waals surface area (Å²) in [6.07, 6.45) is 6.49. The molecule has 34 heavy (non-hydrogen) atoms. The molecule has 0 spiro atoms. The highest BCUT2D eigenvalue weighted by Crippen LogP contribution is 2.37. The van der Waals surface area contributed by atoms with Gasteiger partial charge < -0.3 is 16.2 Å². The van der Waals surface area contributed by atoms with Crippen LogP contribution in [0.4, 0.5) is 5.69 Å². The van der Waals surface area contributed by atoms with Gasteiger partial charge in [-0.3, -0.25) is 9.89 Å². The lowest BCUT2D eigenvalue weighted by molar-refractivity contribution is 0.0996. The Bertz CT molecular complexity index is 1520. The lowest BCUT2D eigenvalue weighted by Crippen LogP contribution is -2.17. The average molecular weight is 453 g/mol. The quantitative estimate of drug-likeness (QED) is 0.349. The summed E-state index contributed by atoms with van der Waals surface area (Å²) < 4.78 is 5.63. The van der Waals surface area contributed by atoms with Crippen molar-refractivity contribution in [2.45, 2.75) is 13.5 Å². The summed E-state index contributed by atoms with van der Waals surface area (Å²) >= 11 is 0. The van der Waals surface area contributed by atoms with Crippen molar-refractivity contribution in [3.63, 3.8) is 0 Å². The SMILES string of the molecule is Cc1ccc2[nH]ncc2c1-c1cc(-c2ccnc(OCc3ncccn3)n2)nc(C(N)=O)c1N. The molecular weight excluding hydrogens is 434 g/mol.